The van der Waals surface area contributed by atoms with Crippen LogP contribution in [0.3, 0.4) is 0 Å². The highest BCUT2D eigenvalue weighted by atomic mass is 127. The quantitative estimate of drug-likeness (QED) is 0.467. The molecule has 0 aliphatic heterocycles. The average molecular weight is 472 g/mol. The number of nitrogens with zero attached hydrogens (tertiary/aromatic N) is 2. The van der Waals surface area contributed by atoms with Gasteiger partial charge in [-0.1, -0.05) is 6.07 Å². The van der Waals surface area contributed by atoms with E-state index < -0.39 is 23.7 Å². The van der Waals surface area contributed by atoms with E-state index in [0.29, 0.717) is 32.6 Å². The number of aromatic nitrogens is 2. The first-order valence-corrected chi connectivity index (χ1v) is 8.76. The van der Waals surface area contributed by atoms with Crippen molar-refractivity contribution in [2.75, 3.05) is 7.11 Å². The van der Waals surface area contributed by atoms with Crippen LogP contribution >= 0.6 is 22.6 Å². The summed E-state index contributed by atoms with van der Waals surface area (Å²) in [6.07, 6.45) is 0.354. The second-order valence-corrected chi connectivity index (χ2v) is 6.86. The summed E-state index contributed by atoms with van der Waals surface area (Å²) in [7, 11) is 1.21. The first kappa shape index (κ1) is 18.7. The van der Waals surface area contributed by atoms with Crippen LogP contribution in [-0.4, -0.2) is 27.7 Å². The number of aliphatic hydroxyl groups excluding tert-OH is 1. The number of rotatable bonds is 4. The summed E-state index contributed by atoms with van der Waals surface area (Å²) in [5.74, 6) is -2.55. The number of hydrogen-bond acceptors (Lipinski definition) is 4. The number of ether oxygens (including phenoxy) is 1. The predicted octanol–water partition coefficient (Wildman–Crippen LogP) is 3.48. The van der Waals surface area contributed by atoms with E-state index in [1.807, 2.05) is 0 Å². The lowest BCUT2D eigenvalue weighted by molar-refractivity contribution is -0.150. The van der Waals surface area contributed by atoms with Gasteiger partial charge in [0.1, 0.15) is 5.65 Å². The van der Waals surface area contributed by atoms with Crippen LogP contribution in [0.15, 0.2) is 30.5 Å². The van der Waals surface area contributed by atoms with Crippen molar-refractivity contribution in [1.29, 1.82) is 0 Å². The Balaban J connectivity index is 2.05. The van der Waals surface area contributed by atoms with E-state index in [-0.39, 0.29) is 0 Å². The van der Waals surface area contributed by atoms with E-state index in [1.165, 1.54) is 13.2 Å². The number of fused-ring (bicyclic) bond motifs is 1. The zero-order valence-corrected chi connectivity index (χ0v) is 16.1. The molecule has 0 amide bonds. The molecule has 2 heterocycles. The Labute approximate surface area is 161 Å². The summed E-state index contributed by atoms with van der Waals surface area (Å²) < 4.78 is 33.6. The van der Waals surface area contributed by atoms with Crippen molar-refractivity contribution in [3.05, 3.63) is 62.5 Å². The molecule has 1 aromatic carbocycles. The topological polar surface area (TPSA) is 64.3 Å². The third-order valence-corrected chi connectivity index (χ3v) is 5.27. The fourth-order valence-electron chi connectivity index (χ4n) is 2.79. The molecule has 0 unspecified atom stereocenters. The van der Waals surface area contributed by atoms with E-state index in [2.05, 4.69) is 32.3 Å². The maximum Gasteiger partial charge on any atom is 0.339 e. The first-order chi connectivity index (χ1) is 12.3. The molecule has 2 aromatic heterocycles. The minimum Gasteiger partial charge on any atom is -0.467 e. The normalized spacial score (nSPS) is 12.4. The molecule has 0 saturated carbocycles. The number of pyridine rings is 1. The number of methoxy groups -OCH3 is 1. The van der Waals surface area contributed by atoms with Crippen LogP contribution in [0, 0.1) is 22.1 Å². The fraction of sp³-hybridized carbons (Fsp3) is 0.222. The molecular weight excluding hydrogens is 457 g/mol. The number of aryl methyl sites for hydroxylation is 1. The van der Waals surface area contributed by atoms with Gasteiger partial charge in [0.05, 0.1) is 7.11 Å². The van der Waals surface area contributed by atoms with Gasteiger partial charge in [-0.2, -0.15) is 0 Å². The molecule has 1 N–H and O–H groups in total. The number of carbonyl (C=O) groups excluding carboxylic acids is 1. The maximum absolute atomic E-state index is 13.4. The number of esters is 1. The Morgan fingerprint density at radius 2 is 2.08 bits per heavy atom. The van der Waals surface area contributed by atoms with Crippen molar-refractivity contribution in [2.24, 2.45) is 0 Å². The van der Waals surface area contributed by atoms with Crippen LogP contribution < -0.4 is 0 Å². The van der Waals surface area contributed by atoms with Crippen molar-refractivity contribution < 1.29 is 23.4 Å². The number of benzene rings is 1. The second kappa shape index (κ2) is 7.28. The highest BCUT2D eigenvalue weighted by Crippen LogP contribution is 2.31. The summed E-state index contributed by atoms with van der Waals surface area (Å²) in [4.78, 5) is 16.2. The van der Waals surface area contributed by atoms with Gasteiger partial charge < -0.3 is 14.4 Å². The molecule has 26 heavy (non-hydrogen) atoms. The third kappa shape index (κ3) is 3.30. The molecule has 3 aromatic rings. The van der Waals surface area contributed by atoms with Crippen LogP contribution in [0.1, 0.15) is 22.9 Å². The number of carbonyl (C=O) groups is 1. The summed E-state index contributed by atoms with van der Waals surface area (Å²) >= 11 is 2.05. The SMILES string of the molecule is COC(=O)[C@@H](O)c1c(C)nc2c(ccn2Cc2ccc(F)c(F)c2)c1I. The van der Waals surface area contributed by atoms with Crippen LogP contribution in [0.2, 0.25) is 0 Å². The Morgan fingerprint density at radius 3 is 2.73 bits per heavy atom. The Morgan fingerprint density at radius 1 is 1.35 bits per heavy atom. The molecule has 0 aliphatic rings. The summed E-state index contributed by atoms with van der Waals surface area (Å²) in [5.41, 5.74) is 2.10. The van der Waals surface area contributed by atoms with Gasteiger partial charge in [-0.25, -0.2) is 18.6 Å². The third-order valence-electron chi connectivity index (χ3n) is 4.11. The zero-order valence-electron chi connectivity index (χ0n) is 14.0. The Kier molecular flexibility index (Phi) is 5.24. The van der Waals surface area contributed by atoms with E-state index in [9.17, 15) is 18.7 Å². The average Bonchev–Trinajstić information content (AvgIpc) is 3.00. The second-order valence-electron chi connectivity index (χ2n) is 5.78. The number of halogens is 3. The summed E-state index contributed by atoms with van der Waals surface area (Å²) in [6, 6.07) is 5.55. The molecule has 136 valence electrons. The van der Waals surface area contributed by atoms with Gasteiger partial charge in [0.25, 0.3) is 0 Å². The minimum absolute atomic E-state index is 0.308. The van der Waals surface area contributed by atoms with Crippen LogP contribution in [-0.2, 0) is 16.1 Å². The Bertz CT molecular complexity index is 1000. The summed E-state index contributed by atoms with van der Waals surface area (Å²) in [6.45, 7) is 2.00. The number of hydrogen-bond donors (Lipinski definition) is 1. The minimum atomic E-state index is -1.42. The first-order valence-electron chi connectivity index (χ1n) is 7.68. The molecule has 8 heteroatoms. The lowest BCUT2D eigenvalue weighted by Crippen LogP contribution is -2.17. The van der Waals surface area contributed by atoms with Gasteiger partial charge in [-0.3, -0.25) is 0 Å². The van der Waals surface area contributed by atoms with E-state index in [0.717, 1.165) is 17.5 Å². The highest BCUT2D eigenvalue weighted by molar-refractivity contribution is 14.1. The largest absolute Gasteiger partial charge is 0.467 e. The van der Waals surface area contributed by atoms with E-state index >= 15 is 0 Å². The lowest BCUT2D eigenvalue weighted by Gasteiger charge is -2.15. The zero-order chi connectivity index (χ0) is 19.0. The van der Waals surface area contributed by atoms with Crippen LogP contribution in [0.5, 0.6) is 0 Å². The number of aliphatic hydroxyl groups is 1. The Hall–Kier alpha value is -2.07. The van der Waals surface area contributed by atoms with E-state index in [1.54, 1.807) is 23.8 Å². The molecule has 3 rings (SSSR count). The van der Waals surface area contributed by atoms with Crippen molar-refractivity contribution in [3.63, 3.8) is 0 Å². The van der Waals surface area contributed by atoms with Crippen molar-refractivity contribution in [2.45, 2.75) is 19.6 Å². The van der Waals surface area contributed by atoms with Gasteiger partial charge in [-0.15, -0.1) is 0 Å². The lowest BCUT2D eigenvalue weighted by atomic mass is 10.1. The predicted molar refractivity (Wildman–Crippen MR) is 99.6 cm³/mol. The molecule has 0 bridgehead atoms. The molecule has 0 spiro atoms. The molecule has 0 radical (unpaired) electrons. The maximum atomic E-state index is 13.4. The van der Waals surface area contributed by atoms with Gasteiger partial charge in [0, 0.05) is 33.0 Å². The van der Waals surface area contributed by atoms with Gasteiger partial charge >= 0.3 is 5.97 Å². The van der Waals surface area contributed by atoms with E-state index in [4.69, 9.17) is 0 Å². The molecule has 5 nitrogen and oxygen atoms in total. The van der Waals surface area contributed by atoms with Gasteiger partial charge in [0.2, 0.25) is 0 Å². The highest BCUT2D eigenvalue weighted by Gasteiger charge is 2.25. The van der Waals surface area contributed by atoms with Gasteiger partial charge in [0.15, 0.2) is 17.7 Å². The van der Waals surface area contributed by atoms with Gasteiger partial charge in [-0.05, 0) is 53.3 Å². The van der Waals surface area contributed by atoms with Crippen LogP contribution in [0.4, 0.5) is 8.78 Å². The smallest absolute Gasteiger partial charge is 0.339 e. The molecule has 0 fully saturated rings. The van der Waals surface area contributed by atoms with Crippen molar-refractivity contribution in [1.82, 2.24) is 9.55 Å². The van der Waals surface area contributed by atoms with Crippen molar-refractivity contribution >= 4 is 39.6 Å². The standard InChI is InChI=1S/C18H15F2IN2O3/c1-9-14(16(24)18(25)26-2)15(21)11-5-6-23(17(11)22-9)8-10-3-4-12(19)13(20)7-10/h3-7,16,24H,8H2,1-2H3/t16-/m0/s1. The summed E-state index contributed by atoms with van der Waals surface area (Å²) in [5, 5.41) is 11.0. The molecule has 1 atom stereocenters. The monoisotopic (exact) mass is 472 g/mol. The molecule has 0 aliphatic carbocycles. The molecular formula is C18H15F2IN2O3. The van der Waals surface area contributed by atoms with Crippen LogP contribution in [0.25, 0.3) is 11.0 Å². The van der Waals surface area contributed by atoms with Crippen molar-refractivity contribution in [3.8, 4) is 0 Å². The molecule has 0 saturated heterocycles. The fourth-order valence-corrected chi connectivity index (χ4v) is 3.90.